The Hall–Kier alpha value is -0.410. The number of nitrogens with zero attached hydrogens (tertiary/aromatic N) is 1. The lowest BCUT2D eigenvalue weighted by Crippen LogP contribution is -2.22. The van der Waals surface area contributed by atoms with E-state index in [0.29, 0.717) is 0 Å². The molecule has 0 aliphatic carbocycles. The van der Waals surface area contributed by atoms with Gasteiger partial charge in [0.1, 0.15) is 0 Å². The van der Waals surface area contributed by atoms with E-state index in [9.17, 15) is 0 Å². The fourth-order valence-electron chi connectivity index (χ4n) is 1.06. The summed E-state index contributed by atoms with van der Waals surface area (Å²) in [5.41, 5.74) is 2.70. The summed E-state index contributed by atoms with van der Waals surface area (Å²) in [7, 11) is 0. The number of rotatable bonds is 0. The topological polar surface area (TPSA) is 24.9 Å². The van der Waals surface area contributed by atoms with Crippen LogP contribution in [-0.4, -0.2) is 10.9 Å². The molecule has 2 nitrogen and oxygen atoms in total. The molecule has 1 aromatic rings. The van der Waals surface area contributed by atoms with Gasteiger partial charge in [0.05, 0.1) is 5.69 Å². The first-order valence-corrected chi connectivity index (χ1v) is 3.93. The first-order valence-electron chi connectivity index (χ1n) is 3.09. The van der Waals surface area contributed by atoms with Crippen LogP contribution in [0.4, 0.5) is 0 Å². The Labute approximate surface area is 58.1 Å². The van der Waals surface area contributed by atoms with E-state index >= 15 is 0 Å². The van der Waals surface area contributed by atoms with Crippen molar-refractivity contribution in [1.29, 1.82) is 0 Å². The maximum Gasteiger partial charge on any atom is 0.0712 e. The Morgan fingerprint density at radius 2 is 2.67 bits per heavy atom. The van der Waals surface area contributed by atoms with Crippen LogP contribution in [0.2, 0.25) is 0 Å². The summed E-state index contributed by atoms with van der Waals surface area (Å²) in [6.45, 7) is 2.09. The largest absolute Gasteiger partial charge is 0.311 e. The van der Waals surface area contributed by atoms with Gasteiger partial charge in [-0.25, -0.2) is 0 Å². The van der Waals surface area contributed by atoms with Crippen molar-refractivity contribution in [3.63, 3.8) is 0 Å². The van der Waals surface area contributed by atoms with Gasteiger partial charge >= 0.3 is 0 Å². The first kappa shape index (κ1) is 5.38. The first-order chi connectivity index (χ1) is 4.47. The Morgan fingerprint density at radius 3 is 3.56 bits per heavy atom. The molecule has 0 spiro atoms. The zero-order valence-corrected chi connectivity index (χ0v) is 5.87. The maximum atomic E-state index is 4.24. The molecule has 0 fully saturated rings. The van der Waals surface area contributed by atoms with Gasteiger partial charge in [-0.05, 0) is 30.1 Å². The van der Waals surface area contributed by atoms with E-state index in [1.807, 2.05) is 0 Å². The monoisotopic (exact) mass is 140 g/mol. The highest BCUT2D eigenvalue weighted by molar-refractivity contribution is 7.03. The van der Waals surface area contributed by atoms with E-state index in [0.717, 1.165) is 19.5 Å². The lowest BCUT2D eigenvalue weighted by molar-refractivity contribution is 0.636. The van der Waals surface area contributed by atoms with Crippen LogP contribution in [0.3, 0.4) is 0 Å². The predicted molar refractivity (Wildman–Crippen MR) is 37.5 cm³/mol. The van der Waals surface area contributed by atoms with E-state index < -0.39 is 0 Å². The third-order valence-electron chi connectivity index (χ3n) is 1.59. The molecule has 2 heterocycles. The zero-order valence-electron chi connectivity index (χ0n) is 5.05. The van der Waals surface area contributed by atoms with Crippen molar-refractivity contribution in [2.75, 3.05) is 6.54 Å². The van der Waals surface area contributed by atoms with E-state index in [1.165, 1.54) is 11.3 Å². The van der Waals surface area contributed by atoms with Crippen molar-refractivity contribution < 1.29 is 0 Å². The quantitative estimate of drug-likeness (QED) is 0.576. The molecule has 0 aromatic carbocycles. The standard InChI is InChI=1S/C6H8N2S/c1-2-7-3-6-5(1)4-9-8-6/h4,7H,1-3H2. The van der Waals surface area contributed by atoms with Crippen molar-refractivity contribution in [1.82, 2.24) is 9.69 Å². The number of hydrogen-bond donors (Lipinski definition) is 1. The minimum atomic E-state index is 0.971. The van der Waals surface area contributed by atoms with Gasteiger partial charge in [0.25, 0.3) is 0 Å². The molecular weight excluding hydrogens is 132 g/mol. The summed E-state index contributed by atoms with van der Waals surface area (Å²) in [6.07, 6.45) is 1.16. The molecule has 9 heavy (non-hydrogen) atoms. The van der Waals surface area contributed by atoms with Crippen molar-refractivity contribution in [3.05, 3.63) is 16.6 Å². The fourth-order valence-corrected chi connectivity index (χ4v) is 1.80. The lowest BCUT2D eigenvalue weighted by Gasteiger charge is -2.09. The van der Waals surface area contributed by atoms with Crippen LogP contribution in [0.25, 0.3) is 0 Å². The molecule has 0 unspecified atom stereocenters. The SMILES string of the molecule is c1snc2c1CCNC2. The number of nitrogens with one attached hydrogen (secondary N) is 1. The number of hydrogen-bond acceptors (Lipinski definition) is 3. The Kier molecular flexibility index (Phi) is 1.24. The van der Waals surface area contributed by atoms with Crippen LogP contribution in [0, 0.1) is 0 Å². The molecule has 0 saturated heterocycles. The lowest BCUT2D eigenvalue weighted by atomic mass is 10.1. The third-order valence-corrected chi connectivity index (χ3v) is 2.31. The molecule has 1 aliphatic rings. The highest BCUT2D eigenvalue weighted by Gasteiger charge is 2.08. The Balaban J connectivity index is 2.39. The summed E-state index contributed by atoms with van der Waals surface area (Å²) in [4.78, 5) is 0. The molecule has 0 saturated carbocycles. The highest BCUT2D eigenvalue weighted by atomic mass is 32.1. The normalized spacial score (nSPS) is 17.3. The fraction of sp³-hybridized carbons (Fsp3) is 0.500. The molecule has 1 aliphatic heterocycles. The minimum Gasteiger partial charge on any atom is -0.311 e. The van der Waals surface area contributed by atoms with Gasteiger partial charge in [-0.3, -0.25) is 0 Å². The molecule has 2 rings (SSSR count). The number of fused-ring (bicyclic) bond motifs is 1. The van der Waals surface area contributed by atoms with Gasteiger partial charge in [0, 0.05) is 11.9 Å². The maximum absolute atomic E-state index is 4.24. The average molecular weight is 140 g/mol. The van der Waals surface area contributed by atoms with E-state index in [-0.39, 0.29) is 0 Å². The highest BCUT2D eigenvalue weighted by Crippen LogP contribution is 2.13. The second kappa shape index (κ2) is 2.08. The van der Waals surface area contributed by atoms with Crippen LogP contribution in [0.15, 0.2) is 5.38 Å². The molecule has 0 radical (unpaired) electrons. The molecule has 1 N–H and O–H groups in total. The van der Waals surface area contributed by atoms with Crippen LogP contribution < -0.4 is 5.32 Å². The summed E-state index contributed by atoms with van der Waals surface area (Å²) >= 11 is 1.57. The summed E-state index contributed by atoms with van der Waals surface area (Å²) < 4.78 is 4.24. The number of aromatic nitrogens is 1. The van der Waals surface area contributed by atoms with Gasteiger partial charge in [-0.15, -0.1) is 0 Å². The van der Waals surface area contributed by atoms with Gasteiger partial charge in [0.2, 0.25) is 0 Å². The second-order valence-electron chi connectivity index (χ2n) is 2.21. The molecule has 0 atom stereocenters. The molecule has 1 aromatic heterocycles. The van der Waals surface area contributed by atoms with Gasteiger partial charge in [-0.2, -0.15) is 4.37 Å². The summed E-state index contributed by atoms with van der Waals surface area (Å²) in [5.74, 6) is 0. The predicted octanol–water partition coefficient (Wildman–Crippen LogP) is 0.789. The van der Waals surface area contributed by atoms with Crippen molar-refractivity contribution >= 4 is 11.5 Å². The van der Waals surface area contributed by atoms with Gasteiger partial charge in [0.15, 0.2) is 0 Å². The van der Waals surface area contributed by atoms with E-state index in [1.54, 1.807) is 11.5 Å². The smallest absolute Gasteiger partial charge is 0.0712 e. The van der Waals surface area contributed by atoms with Gasteiger partial charge < -0.3 is 5.32 Å². The molecule has 0 amide bonds. The van der Waals surface area contributed by atoms with E-state index in [2.05, 4.69) is 15.1 Å². The molecular formula is C6H8N2S. The molecule has 48 valence electrons. The van der Waals surface area contributed by atoms with E-state index in [4.69, 9.17) is 0 Å². The Morgan fingerprint density at radius 1 is 1.67 bits per heavy atom. The summed E-state index contributed by atoms with van der Waals surface area (Å²) in [5, 5.41) is 5.42. The van der Waals surface area contributed by atoms with Crippen molar-refractivity contribution in [3.8, 4) is 0 Å². The molecule has 0 bridgehead atoms. The van der Waals surface area contributed by atoms with Crippen LogP contribution in [0.5, 0.6) is 0 Å². The average Bonchev–Trinajstić information content (AvgIpc) is 2.33. The van der Waals surface area contributed by atoms with Crippen molar-refractivity contribution in [2.45, 2.75) is 13.0 Å². The molecule has 3 heteroatoms. The zero-order chi connectivity index (χ0) is 6.10. The Bertz CT molecular complexity index is 186. The second-order valence-corrected chi connectivity index (χ2v) is 2.84. The third kappa shape index (κ3) is 0.862. The van der Waals surface area contributed by atoms with Crippen LogP contribution >= 0.6 is 11.5 Å². The summed E-state index contributed by atoms with van der Waals surface area (Å²) in [6, 6.07) is 0. The van der Waals surface area contributed by atoms with Crippen LogP contribution in [0.1, 0.15) is 11.3 Å². The van der Waals surface area contributed by atoms with Crippen molar-refractivity contribution in [2.24, 2.45) is 0 Å². The minimum absolute atomic E-state index is 0.971. The van der Waals surface area contributed by atoms with Gasteiger partial charge in [-0.1, -0.05) is 0 Å². The van der Waals surface area contributed by atoms with Crippen LogP contribution in [-0.2, 0) is 13.0 Å².